The second kappa shape index (κ2) is 14.1. The van der Waals surface area contributed by atoms with E-state index >= 15 is 0 Å². The van der Waals surface area contributed by atoms with Crippen LogP contribution >= 0.6 is 11.6 Å². The van der Waals surface area contributed by atoms with Gasteiger partial charge in [0.2, 0.25) is 0 Å². The predicted molar refractivity (Wildman–Crippen MR) is 180 cm³/mol. The number of anilines is 1. The maximum Gasteiger partial charge on any atom is 0.410 e. The Morgan fingerprint density at radius 2 is 1.66 bits per heavy atom. The summed E-state index contributed by atoms with van der Waals surface area (Å²) in [6, 6.07) is 11.6. The van der Waals surface area contributed by atoms with Crippen molar-refractivity contribution in [3.05, 3.63) is 58.7 Å². The lowest BCUT2D eigenvalue weighted by Crippen LogP contribution is -2.52. The lowest BCUT2D eigenvalue weighted by molar-refractivity contribution is -0.142. The van der Waals surface area contributed by atoms with Crippen LogP contribution in [-0.2, 0) is 22.4 Å². The summed E-state index contributed by atoms with van der Waals surface area (Å²) in [7, 11) is 0. The number of carbonyl (C=O) groups is 3. The number of piperidine rings is 3. The van der Waals surface area contributed by atoms with Crippen molar-refractivity contribution in [3.63, 3.8) is 0 Å². The van der Waals surface area contributed by atoms with E-state index < -0.39 is 12.2 Å². The molecule has 250 valence electrons. The topological polar surface area (TPSA) is 123 Å². The van der Waals surface area contributed by atoms with Crippen molar-refractivity contribution in [2.24, 2.45) is 11.8 Å². The Morgan fingerprint density at radius 3 is 2.45 bits per heavy atom. The standard InChI is InChI=1S/C35H44ClN7O4/c36-29-20-23(19-27-22-38-40-32(27)29)21-31(33(44)41-14-7-25(8-15-41)24-5-12-37-13-6-24)47-35(46)42-16-10-28(11-17-42)43-18-9-26-3-1-2-4-30(26)39-34(43)45/h1-4,19-20,22,24-25,28,31,37H,5-18,21H2,(H,38,40)(H,39,45)/t31-/m1/s1. The Morgan fingerprint density at radius 1 is 0.936 bits per heavy atom. The van der Waals surface area contributed by atoms with E-state index in [1.165, 1.54) is 12.8 Å². The smallest absolute Gasteiger partial charge is 0.410 e. The number of hydrogen-bond acceptors (Lipinski definition) is 6. The SMILES string of the molecule is O=C(O[C@H](Cc1cc(Cl)c2[nH]ncc2c1)C(=O)N1CCC(C2CCNCC2)CC1)N1CCC(N2CCc3ccccc3NC2=O)CC1. The molecule has 7 rings (SSSR count). The van der Waals surface area contributed by atoms with Gasteiger partial charge in [0.25, 0.3) is 5.91 Å². The lowest BCUT2D eigenvalue weighted by Gasteiger charge is -2.39. The molecule has 0 radical (unpaired) electrons. The van der Waals surface area contributed by atoms with Gasteiger partial charge in [0.05, 0.1) is 16.7 Å². The largest absolute Gasteiger partial charge is 0.436 e. The minimum Gasteiger partial charge on any atom is -0.436 e. The number of halogens is 1. The Balaban J connectivity index is 1.00. The van der Waals surface area contributed by atoms with Crippen molar-refractivity contribution in [1.82, 2.24) is 30.2 Å². The highest BCUT2D eigenvalue weighted by molar-refractivity contribution is 6.35. The summed E-state index contributed by atoms with van der Waals surface area (Å²) in [5.41, 5.74) is 3.54. The Labute approximate surface area is 280 Å². The first kappa shape index (κ1) is 31.8. The number of benzene rings is 2. The molecule has 4 aliphatic heterocycles. The molecule has 4 amide bonds. The normalized spacial score (nSPS) is 20.9. The van der Waals surface area contributed by atoms with E-state index in [0.717, 1.165) is 60.1 Å². The van der Waals surface area contributed by atoms with Crippen molar-refractivity contribution in [1.29, 1.82) is 0 Å². The number of fused-ring (bicyclic) bond motifs is 2. The lowest BCUT2D eigenvalue weighted by atomic mass is 9.79. The van der Waals surface area contributed by atoms with Gasteiger partial charge in [-0.25, -0.2) is 9.59 Å². The summed E-state index contributed by atoms with van der Waals surface area (Å²) < 4.78 is 6.08. The third kappa shape index (κ3) is 7.06. The molecule has 0 bridgehead atoms. The number of carbonyl (C=O) groups excluding carboxylic acids is 3. The van der Waals surface area contributed by atoms with Crippen LogP contribution in [0.1, 0.15) is 49.7 Å². The molecule has 0 saturated carbocycles. The molecule has 3 saturated heterocycles. The van der Waals surface area contributed by atoms with Crippen LogP contribution in [0.25, 0.3) is 10.9 Å². The molecule has 4 aliphatic rings. The number of urea groups is 1. The van der Waals surface area contributed by atoms with Crippen LogP contribution < -0.4 is 10.6 Å². The summed E-state index contributed by atoms with van der Waals surface area (Å²) >= 11 is 6.54. The third-order valence-electron chi connectivity index (χ3n) is 10.7. The molecule has 12 heteroatoms. The maximum atomic E-state index is 14.0. The molecule has 3 fully saturated rings. The molecular weight excluding hydrogens is 618 g/mol. The van der Waals surface area contributed by atoms with Crippen molar-refractivity contribution in [3.8, 4) is 0 Å². The second-order valence-corrected chi connectivity index (χ2v) is 13.9. The number of hydrogen-bond donors (Lipinski definition) is 3. The number of rotatable bonds is 6. The monoisotopic (exact) mass is 661 g/mol. The summed E-state index contributed by atoms with van der Waals surface area (Å²) in [6.07, 6.45) is 6.90. The van der Waals surface area contributed by atoms with Crippen LogP contribution in [-0.4, -0.2) is 101 Å². The number of nitrogens with zero attached hydrogens (tertiary/aromatic N) is 4. The zero-order chi connectivity index (χ0) is 32.3. The highest BCUT2D eigenvalue weighted by Crippen LogP contribution is 2.32. The van der Waals surface area contributed by atoms with Gasteiger partial charge in [-0.2, -0.15) is 5.10 Å². The van der Waals surface area contributed by atoms with Gasteiger partial charge < -0.3 is 30.1 Å². The van der Waals surface area contributed by atoms with E-state index in [0.29, 0.717) is 62.4 Å². The number of nitrogens with one attached hydrogen (secondary N) is 3. The molecule has 0 unspecified atom stereocenters. The molecule has 11 nitrogen and oxygen atoms in total. The molecular formula is C35H44ClN7O4. The third-order valence-corrected chi connectivity index (χ3v) is 11.0. The summed E-state index contributed by atoms with van der Waals surface area (Å²) in [5, 5.41) is 14.9. The quantitative estimate of drug-likeness (QED) is 0.340. The number of aromatic amines is 1. The van der Waals surface area contributed by atoms with Crippen LogP contribution in [0.3, 0.4) is 0 Å². The van der Waals surface area contributed by atoms with Crippen molar-refractivity contribution >= 4 is 46.2 Å². The Bertz CT molecular complexity index is 1590. The summed E-state index contributed by atoms with van der Waals surface area (Å²) in [6.45, 7) is 5.04. The van der Waals surface area contributed by atoms with Gasteiger partial charge in [-0.15, -0.1) is 0 Å². The molecule has 47 heavy (non-hydrogen) atoms. The van der Waals surface area contributed by atoms with Gasteiger partial charge in [-0.1, -0.05) is 29.8 Å². The van der Waals surface area contributed by atoms with E-state index in [1.807, 2.05) is 46.2 Å². The van der Waals surface area contributed by atoms with Gasteiger partial charge >= 0.3 is 12.1 Å². The zero-order valence-electron chi connectivity index (χ0n) is 26.8. The van der Waals surface area contributed by atoms with Gasteiger partial charge in [0.1, 0.15) is 0 Å². The Kier molecular flexibility index (Phi) is 9.53. The highest BCUT2D eigenvalue weighted by Gasteiger charge is 2.36. The average Bonchev–Trinajstić information content (AvgIpc) is 3.52. The van der Waals surface area contributed by atoms with E-state index in [1.54, 1.807) is 11.1 Å². The fourth-order valence-electron chi connectivity index (χ4n) is 7.99. The molecule has 5 heterocycles. The molecule has 0 spiro atoms. The van der Waals surface area contributed by atoms with E-state index in [4.69, 9.17) is 16.3 Å². The highest BCUT2D eigenvalue weighted by atomic mass is 35.5. The molecule has 1 atom stereocenters. The van der Waals surface area contributed by atoms with Crippen molar-refractivity contribution < 1.29 is 19.1 Å². The second-order valence-electron chi connectivity index (χ2n) is 13.5. The van der Waals surface area contributed by atoms with E-state index in [-0.39, 0.29) is 24.4 Å². The van der Waals surface area contributed by atoms with Crippen molar-refractivity contribution in [2.45, 2.75) is 63.5 Å². The van der Waals surface area contributed by atoms with Crippen LogP contribution in [0.5, 0.6) is 0 Å². The number of amides is 4. The first-order chi connectivity index (χ1) is 22.9. The van der Waals surface area contributed by atoms with Gasteiger partial charge in [-0.3, -0.25) is 9.89 Å². The first-order valence-corrected chi connectivity index (χ1v) is 17.5. The first-order valence-electron chi connectivity index (χ1n) is 17.1. The van der Waals surface area contributed by atoms with Gasteiger partial charge in [0.15, 0.2) is 6.10 Å². The number of aromatic nitrogens is 2. The van der Waals surface area contributed by atoms with Gasteiger partial charge in [-0.05, 0) is 99.2 Å². The maximum absolute atomic E-state index is 14.0. The molecule has 2 aromatic carbocycles. The average molecular weight is 662 g/mol. The van der Waals surface area contributed by atoms with Crippen LogP contribution in [0.2, 0.25) is 5.02 Å². The Hall–Kier alpha value is -3.83. The summed E-state index contributed by atoms with van der Waals surface area (Å²) in [4.78, 5) is 46.2. The minimum absolute atomic E-state index is 0.0239. The number of H-pyrrole nitrogens is 1. The zero-order valence-corrected chi connectivity index (χ0v) is 27.5. The van der Waals surface area contributed by atoms with E-state index in [9.17, 15) is 14.4 Å². The number of likely N-dealkylation sites (tertiary alicyclic amines) is 2. The van der Waals surface area contributed by atoms with Crippen LogP contribution in [0.15, 0.2) is 42.6 Å². The van der Waals surface area contributed by atoms with Crippen LogP contribution in [0.4, 0.5) is 15.3 Å². The van der Waals surface area contributed by atoms with Crippen LogP contribution in [0, 0.1) is 11.8 Å². The fourth-order valence-corrected chi connectivity index (χ4v) is 8.28. The predicted octanol–water partition coefficient (Wildman–Crippen LogP) is 5.06. The molecule has 0 aliphatic carbocycles. The molecule has 1 aromatic heterocycles. The van der Waals surface area contributed by atoms with E-state index in [2.05, 4.69) is 20.8 Å². The molecule has 3 aromatic rings. The summed E-state index contributed by atoms with van der Waals surface area (Å²) in [5.74, 6) is 1.19. The van der Waals surface area contributed by atoms with Gasteiger partial charge in [0, 0.05) is 56.3 Å². The van der Waals surface area contributed by atoms with Crippen molar-refractivity contribution in [2.75, 3.05) is 51.1 Å². The minimum atomic E-state index is -0.967. The number of para-hydroxylation sites is 1. The number of ether oxygens (including phenoxy) is 1. The fraction of sp³-hybridized carbons (Fsp3) is 0.543. The molecule has 3 N–H and O–H groups in total.